The van der Waals surface area contributed by atoms with Crippen LogP contribution in [0.15, 0.2) is 10.5 Å². The average Bonchev–Trinajstić information content (AvgIpc) is 2.90. The highest BCUT2D eigenvalue weighted by Crippen LogP contribution is 2.52. The van der Waals surface area contributed by atoms with Gasteiger partial charge in [0.05, 0.1) is 0 Å². The smallest absolute Gasteiger partial charge is 0.342 e. The highest BCUT2D eigenvalue weighted by Gasteiger charge is 2.50. The van der Waals surface area contributed by atoms with Crippen molar-refractivity contribution < 1.29 is 18.7 Å². The molecule has 1 aliphatic carbocycles. The van der Waals surface area contributed by atoms with E-state index in [-0.39, 0.29) is 29.4 Å². The number of furan rings is 1. The topological polar surface area (TPSA) is 59.8 Å². The van der Waals surface area contributed by atoms with Gasteiger partial charge in [0, 0.05) is 12.6 Å². The summed E-state index contributed by atoms with van der Waals surface area (Å²) in [6.45, 7) is 10.9. The summed E-state index contributed by atoms with van der Waals surface area (Å²) in [5, 5.41) is 0. The maximum atomic E-state index is 12.6. The molecule has 3 rings (SSSR count). The highest BCUT2D eigenvalue weighted by molar-refractivity contribution is 5.92. The Morgan fingerprint density at radius 1 is 1.29 bits per heavy atom. The molecule has 1 aliphatic heterocycles. The Morgan fingerprint density at radius 3 is 2.62 bits per heavy atom. The molecule has 1 aromatic rings. The largest absolute Gasteiger partial charge is 0.466 e. The Balaban J connectivity index is 1.62. The number of likely N-dealkylation sites (tertiary alicyclic amines) is 1. The Kier molecular flexibility index (Phi) is 4.01. The van der Waals surface area contributed by atoms with E-state index < -0.39 is 5.97 Å². The molecule has 5 nitrogen and oxygen atoms in total. The number of ether oxygens (including phenoxy) is 1. The second-order valence-electron chi connectivity index (χ2n) is 8.64. The third-order valence-electron chi connectivity index (χ3n) is 5.32. The van der Waals surface area contributed by atoms with Crippen molar-refractivity contribution in [2.45, 2.75) is 59.9 Å². The first-order valence-electron chi connectivity index (χ1n) is 8.62. The van der Waals surface area contributed by atoms with Crippen molar-refractivity contribution in [2.24, 2.45) is 10.8 Å². The van der Waals surface area contributed by atoms with Gasteiger partial charge >= 0.3 is 5.97 Å². The quantitative estimate of drug-likeness (QED) is 0.795. The number of carbonyl (C=O) groups excluding carboxylic acids is 2. The number of fused-ring (bicyclic) bond motifs is 2. The van der Waals surface area contributed by atoms with E-state index in [1.165, 1.54) is 0 Å². The fourth-order valence-electron chi connectivity index (χ4n) is 4.87. The van der Waals surface area contributed by atoms with Gasteiger partial charge in [0.1, 0.15) is 17.1 Å². The number of carbonyl (C=O) groups is 2. The summed E-state index contributed by atoms with van der Waals surface area (Å²) in [4.78, 5) is 26.7. The molecular formula is C19H27NO4. The summed E-state index contributed by atoms with van der Waals surface area (Å²) in [7, 11) is 0. The monoisotopic (exact) mass is 333 g/mol. The fourth-order valence-corrected chi connectivity index (χ4v) is 4.87. The second-order valence-corrected chi connectivity index (χ2v) is 8.64. The minimum atomic E-state index is -0.494. The van der Waals surface area contributed by atoms with E-state index in [9.17, 15) is 9.59 Å². The van der Waals surface area contributed by atoms with Crippen LogP contribution in [0, 0.1) is 24.7 Å². The van der Waals surface area contributed by atoms with E-state index in [0.717, 1.165) is 25.8 Å². The highest BCUT2D eigenvalue weighted by atomic mass is 16.5. The van der Waals surface area contributed by atoms with Crippen LogP contribution in [0.2, 0.25) is 0 Å². The van der Waals surface area contributed by atoms with E-state index in [0.29, 0.717) is 17.1 Å². The van der Waals surface area contributed by atoms with Crippen molar-refractivity contribution in [3.05, 3.63) is 23.2 Å². The molecule has 2 atom stereocenters. The van der Waals surface area contributed by atoms with E-state index in [1.807, 2.05) is 4.90 Å². The zero-order chi connectivity index (χ0) is 17.7. The molecule has 1 saturated carbocycles. The zero-order valence-corrected chi connectivity index (χ0v) is 15.3. The molecule has 1 aromatic heterocycles. The molecular weight excluding hydrogens is 306 g/mol. The minimum Gasteiger partial charge on any atom is -0.466 e. The van der Waals surface area contributed by atoms with E-state index >= 15 is 0 Å². The van der Waals surface area contributed by atoms with Crippen molar-refractivity contribution in [1.29, 1.82) is 0 Å². The van der Waals surface area contributed by atoms with Gasteiger partial charge in [-0.05, 0) is 50.0 Å². The third kappa shape index (κ3) is 3.21. The van der Waals surface area contributed by atoms with Gasteiger partial charge in [0.2, 0.25) is 0 Å². The van der Waals surface area contributed by atoms with Crippen LogP contribution in [0.5, 0.6) is 0 Å². The number of hydrogen-bond acceptors (Lipinski definition) is 4. The molecule has 2 fully saturated rings. The molecule has 0 N–H and O–H groups in total. The molecule has 1 amide bonds. The van der Waals surface area contributed by atoms with Crippen LogP contribution in [0.1, 0.15) is 61.9 Å². The van der Waals surface area contributed by atoms with Gasteiger partial charge in [-0.15, -0.1) is 0 Å². The standard InChI is InChI=1S/C19H27NO4/c1-12-6-15(13(2)24-12)17(22)23-9-16(21)20-11-19(5)8-14(20)7-18(3,4)10-19/h6,14H,7-11H2,1-5H3/t14-,19-/m1/s1. The van der Waals surface area contributed by atoms with E-state index in [4.69, 9.17) is 9.15 Å². The van der Waals surface area contributed by atoms with Crippen LogP contribution in [0.4, 0.5) is 0 Å². The van der Waals surface area contributed by atoms with Crippen LogP contribution in [-0.2, 0) is 9.53 Å². The normalized spacial score (nSPS) is 28.0. The second kappa shape index (κ2) is 5.64. The molecule has 2 aliphatic rings. The fraction of sp³-hybridized carbons (Fsp3) is 0.684. The molecule has 2 bridgehead atoms. The molecule has 2 heterocycles. The van der Waals surface area contributed by atoms with E-state index in [2.05, 4.69) is 20.8 Å². The first-order chi connectivity index (χ1) is 11.1. The third-order valence-corrected chi connectivity index (χ3v) is 5.32. The summed E-state index contributed by atoms with van der Waals surface area (Å²) in [6, 6.07) is 1.91. The minimum absolute atomic E-state index is 0.0901. The number of hydrogen-bond donors (Lipinski definition) is 0. The first-order valence-corrected chi connectivity index (χ1v) is 8.62. The number of aryl methyl sites for hydroxylation is 2. The van der Waals surface area contributed by atoms with Gasteiger partial charge in [0.15, 0.2) is 6.61 Å². The zero-order valence-electron chi connectivity index (χ0n) is 15.3. The summed E-state index contributed by atoms with van der Waals surface area (Å²) in [6.07, 6.45) is 3.20. The summed E-state index contributed by atoms with van der Waals surface area (Å²) in [5.74, 6) is 0.601. The van der Waals surface area contributed by atoms with Gasteiger partial charge in [-0.1, -0.05) is 20.8 Å². The van der Waals surface area contributed by atoms with Crippen LogP contribution < -0.4 is 0 Å². The Morgan fingerprint density at radius 2 is 2.00 bits per heavy atom. The van der Waals surface area contributed by atoms with Crippen LogP contribution in [0.25, 0.3) is 0 Å². The number of amides is 1. The summed E-state index contributed by atoms with van der Waals surface area (Å²) < 4.78 is 10.6. The molecule has 5 heteroatoms. The molecule has 24 heavy (non-hydrogen) atoms. The molecule has 132 valence electrons. The Bertz CT molecular complexity index is 675. The van der Waals surface area contributed by atoms with Crippen molar-refractivity contribution in [2.75, 3.05) is 13.2 Å². The van der Waals surface area contributed by atoms with Crippen molar-refractivity contribution in [1.82, 2.24) is 4.90 Å². The average molecular weight is 333 g/mol. The maximum Gasteiger partial charge on any atom is 0.342 e. The van der Waals surface area contributed by atoms with Gasteiger partial charge in [0.25, 0.3) is 5.91 Å². The Labute approximate surface area is 143 Å². The molecule has 0 spiro atoms. The predicted octanol–water partition coefficient (Wildman–Crippen LogP) is 3.48. The Hall–Kier alpha value is -1.78. The van der Waals surface area contributed by atoms with Gasteiger partial charge in [-0.25, -0.2) is 4.79 Å². The molecule has 0 aromatic carbocycles. The number of nitrogens with zero attached hydrogens (tertiary/aromatic N) is 1. The first kappa shape index (κ1) is 17.1. The van der Waals surface area contributed by atoms with Gasteiger partial charge in [-0.2, -0.15) is 0 Å². The van der Waals surface area contributed by atoms with Gasteiger partial charge in [-0.3, -0.25) is 4.79 Å². The van der Waals surface area contributed by atoms with Crippen LogP contribution in [0.3, 0.4) is 0 Å². The molecule has 0 unspecified atom stereocenters. The lowest BCUT2D eigenvalue weighted by atomic mass is 9.65. The lowest BCUT2D eigenvalue weighted by Gasteiger charge is -2.39. The maximum absolute atomic E-state index is 12.6. The van der Waals surface area contributed by atoms with Crippen LogP contribution in [-0.4, -0.2) is 36.0 Å². The number of esters is 1. The van der Waals surface area contributed by atoms with Gasteiger partial charge < -0.3 is 14.1 Å². The van der Waals surface area contributed by atoms with Crippen molar-refractivity contribution in [3.63, 3.8) is 0 Å². The summed E-state index contributed by atoms with van der Waals surface area (Å²) >= 11 is 0. The van der Waals surface area contributed by atoms with E-state index in [1.54, 1.807) is 19.9 Å². The lowest BCUT2D eigenvalue weighted by Crippen LogP contribution is -2.39. The number of rotatable bonds is 3. The summed E-state index contributed by atoms with van der Waals surface area (Å²) in [5.41, 5.74) is 0.840. The predicted molar refractivity (Wildman–Crippen MR) is 89.7 cm³/mol. The SMILES string of the molecule is Cc1cc(C(=O)OCC(=O)N2C[C@]3(C)C[C@H]2CC(C)(C)C3)c(C)o1. The van der Waals surface area contributed by atoms with Crippen LogP contribution >= 0.6 is 0 Å². The van der Waals surface area contributed by atoms with Crippen molar-refractivity contribution in [3.8, 4) is 0 Å². The molecule has 0 radical (unpaired) electrons. The molecule has 1 saturated heterocycles. The lowest BCUT2D eigenvalue weighted by molar-refractivity contribution is -0.135. The van der Waals surface area contributed by atoms with Crippen molar-refractivity contribution >= 4 is 11.9 Å².